The van der Waals surface area contributed by atoms with Crippen molar-refractivity contribution in [3.05, 3.63) is 0 Å². The Hall–Kier alpha value is -0.650. The van der Waals surface area contributed by atoms with Crippen molar-refractivity contribution in [1.29, 1.82) is 0 Å². The van der Waals surface area contributed by atoms with E-state index in [0.29, 0.717) is 39.0 Å². The maximum Gasteiger partial charge on any atom is 0.224 e. The molecule has 5 nitrogen and oxygen atoms in total. The zero-order valence-corrected chi connectivity index (χ0v) is 9.81. The summed E-state index contributed by atoms with van der Waals surface area (Å²) in [5.41, 5.74) is -0.391. The monoisotopic (exact) mass is 231 g/mol. The van der Waals surface area contributed by atoms with Crippen molar-refractivity contribution >= 4 is 5.91 Å². The molecular weight excluding hydrogens is 210 g/mol. The molecular formula is C11H21NO4. The minimum Gasteiger partial charge on any atom is -0.396 e. The molecule has 2 N–H and O–H groups in total. The van der Waals surface area contributed by atoms with Crippen LogP contribution in [0.1, 0.15) is 19.3 Å². The van der Waals surface area contributed by atoms with Crippen LogP contribution in [0.4, 0.5) is 0 Å². The molecule has 0 aromatic carbocycles. The number of hydrogen-bond acceptors (Lipinski definition) is 4. The molecule has 0 unspecified atom stereocenters. The number of hydrogen-bond donors (Lipinski definition) is 2. The fourth-order valence-electron chi connectivity index (χ4n) is 1.94. The van der Waals surface area contributed by atoms with Gasteiger partial charge in [-0.3, -0.25) is 4.79 Å². The summed E-state index contributed by atoms with van der Waals surface area (Å²) in [7, 11) is 1.58. The molecule has 1 fully saturated rings. The van der Waals surface area contributed by atoms with E-state index < -0.39 is 5.41 Å². The van der Waals surface area contributed by atoms with Crippen LogP contribution in [-0.4, -0.2) is 61.0 Å². The number of carbonyl (C=O) groups excluding carboxylic acids is 1. The van der Waals surface area contributed by atoms with Crippen molar-refractivity contribution < 1.29 is 19.7 Å². The van der Waals surface area contributed by atoms with Crippen LogP contribution < -0.4 is 0 Å². The maximum absolute atomic E-state index is 11.7. The summed E-state index contributed by atoms with van der Waals surface area (Å²) in [6.45, 7) is 1.65. The summed E-state index contributed by atoms with van der Waals surface area (Å²) < 4.78 is 4.86. The van der Waals surface area contributed by atoms with Crippen LogP contribution in [0.25, 0.3) is 0 Å². The topological polar surface area (TPSA) is 70.0 Å². The summed E-state index contributed by atoms with van der Waals surface area (Å²) >= 11 is 0. The van der Waals surface area contributed by atoms with Gasteiger partial charge >= 0.3 is 0 Å². The lowest BCUT2D eigenvalue weighted by atomic mass is 9.80. The lowest BCUT2D eigenvalue weighted by Crippen LogP contribution is -2.46. The molecule has 16 heavy (non-hydrogen) atoms. The standard InChI is InChI=1S/C11H21NO4/c1-16-7-2-10(15)12-5-3-11(8-13,9-14)4-6-12/h13-14H,2-9H2,1H3. The molecule has 0 spiro atoms. The van der Waals surface area contributed by atoms with E-state index in [9.17, 15) is 15.0 Å². The summed E-state index contributed by atoms with van der Waals surface area (Å²) in [4.78, 5) is 13.4. The van der Waals surface area contributed by atoms with Gasteiger partial charge in [0.15, 0.2) is 0 Å². The van der Waals surface area contributed by atoms with E-state index in [0.717, 1.165) is 0 Å². The predicted octanol–water partition coefficient (Wildman–Crippen LogP) is -0.384. The van der Waals surface area contributed by atoms with Gasteiger partial charge in [-0.25, -0.2) is 0 Å². The van der Waals surface area contributed by atoms with Gasteiger partial charge in [0, 0.05) is 25.6 Å². The van der Waals surface area contributed by atoms with Crippen molar-refractivity contribution in [2.45, 2.75) is 19.3 Å². The summed E-state index contributed by atoms with van der Waals surface area (Å²) in [5, 5.41) is 18.4. The van der Waals surface area contributed by atoms with Crippen LogP contribution >= 0.6 is 0 Å². The van der Waals surface area contributed by atoms with Gasteiger partial charge in [0.25, 0.3) is 0 Å². The summed E-state index contributed by atoms with van der Waals surface area (Å²) in [6, 6.07) is 0. The fraction of sp³-hybridized carbons (Fsp3) is 0.909. The van der Waals surface area contributed by atoms with Crippen LogP contribution in [0.3, 0.4) is 0 Å². The third-order valence-electron chi connectivity index (χ3n) is 3.37. The molecule has 1 heterocycles. The Morgan fingerprint density at radius 2 is 1.88 bits per heavy atom. The largest absolute Gasteiger partial charge is 0.396 e. The van der Waals surface area contributed by atoms with E-state index in [4.69, 9.17) is 4.74 Å². The average molecular weight is 231 g/mol. The molecule has 94 valence electrons. The van der Waals surface area contributed by atoms with Crippen molar-refractivity contribution in [2.75, 3.05) is 40.0 Å². The summed E-state index contributed by atoms with van der Waals surface area (Å²) in [6.07, 6.45) is 1.74. The molecule has 1 rings (SSSR count). The molecule has 1 amide bonds. The van der Waals surface area contributed by atoms with Crippen LogP contribution in [0.2, 0.25) is 0 Å². The van der Waals surface area contributed by atoms with Crippen molar-refractivity contribution in [3.63, 3.8) is 0 Å². The van der Waals surface area contributed by atoms with Gasteiger partial charge in [0.2, 0.25) is 5.91 Å². The van der Waals surface area contributed by atoms with E-state index >= 15 is 0 Å². The van der Waals surface area contributed by atoms with Gasteiger partial charge in [-0.2, -0.15) is 0 Å². The second-order valence-electron chi connectivity index (χ2n) is 4.44. The molecule has 1 saturated heterocycles. The van der Waals surface area contributed by atoms with Crippen LogP contribution in [-0.2, 0) is 9.53 Å². The Bertz CT molecular complexity index is 218. The number of nitrogens with zero attached hydrogens (tertiary/aromatic N) is 1. The van der Waals surface area contributed by atoms with Crippen LogP contribution in [0.5, 0.6) is 0 Å². The minimum atomic E-state index is -0.391. The summed E-state index contributed by atoms with van der Waals surface area (Å²) in [5.74, 6) is 0.0892. The van der Waals surface area contributed by atoms with Gasteiger partial charge in [-0.05, 0) is 12.8 Å². The highest BCUT2D eigenvalue weighted by atomic mass is 16.5. The molecule has 0 radical (unpaired) electrons. The van der Waals surface area contributed by atoms with Crippen molar-refractivity contribution in [1.82, 2.24) is 4.90 Å². The third kappa shape index (κ3) is 3.17. The van der Waals surface area contributed by atoms with E-state index in [1.54, 1.807) is 12.0 Å². The van der Waals surface area contributed by atoms with E-state index in [1.165, 1.54) is 0 Å². The Morgan fingerprint density at radius 3 is 2.31 bits per heavy atom. The second-order valence-corrected chi connectivity index (χ2v) is 4.44. The van der Waals surface area contributed by atoms with E-state index in [-0.39, 0.29) is 19.1 Å². The van der Waals surface area contributed by atoms with Crippen molar-refractivity contribution in [3.8, 4) is 0 Å². The number of rotatable bonds is 5. The molecule has 0 atom stereocenters. The first-order valence-corrected chi connectivity index (χ1v) is 5.66. The number of ether oxygens (including phenoxy) is 1. The van der Waals surface area contributed by atoms with Crippen LogP contribution in [0, 0.1) is 5.41 Å². The number of carbonyl (C=O) groups is 1. The lowest BCUT2D eigenvalue weighted by molar-refractivity contribution is -0.135. The Balaban J connectivity index is 2.39. The quantitative estimate of drug-likeness (QED) is 0.676. The number of aliphatic hydroxyl groups excluding tert-OH is 2. The number of aliphatic hydroxyl groups is 2. The highest BCUT2D eigenvalue weighted by Crippen LogP contribution is 2.30. The average Bonchev–Trinajstić information content (AvgIpc) is 2.36. The first-order chi connectivity index (χ1) is 7.67. The SMILES string of the molecule is COCCC(=O)N1CCC(CO)(CO)CC1. The molecule has 1 aliphatic heterocycles. The molecule has 0 saturated carbocycles. The number of methoxy groups -OCH3 is 1. The normalized spacial score (nSPS) is 19.8. The lowest BCUT2D eigenvalue weighted by Gasteiger charge is -2.39. The number of piperidine rings is 1. The van der Waals surface area contributed by atoms with Gasteiger partial charge in [0.05, 0.1) is 26.2 Å². The predicted molar refractivity (Wildman–Crippen MR) is 58.9 cm³/mol. The van der Waals surface area contributed by atoms with Gasteiger partial charge in [-0.1, -0.05) is 0 Å². The maximum atomic E-state index is 11.7. The number of amides is 1. The Morgan fingerprint density at radius 1 is 1.31 bits per heavy atom. The fourth-order valence-corrected chi connectivity index (χ4v) is 1.94. The first kappa shape index (κ1) is 13.4. The van der Waals surface area contributed by atoms with Gasteiger partial charge in [0.1, 0.15) is 0 Å². The molecule has 0 bridgehead atoms. The van der Waals surface area contributed by atoms with E-state index in [2.05, 4.69) is 0 Å². The molecule has 1 aliphatic rings. The highest BCUT2D eigenvalue weighted by Gasteiger charge is 2.34. The Kier molecular flexibility index (Phi) is 5.18. The third-order valence-corrected chi connectivity index (χ3v) is 3.37. The van der Waals surface area contributed by atoms with Gasteiger partial charge < -0.3 is 19.8 Å². The first-order valence-electron chi connectivity index (χ1n) is 5.66. The zero-order valence-electron chi connectivity index (χ0n) is 9.81. The number of likely N-dealkylation sites (tertiary alicyclic amines) is 1. The second kappa shape index (κ2) is 6.18. The van der Waals surface area contributed by atoms with Crippen LogP contribution in [0.15, 0.2) is 0 Å². The van der Waals surface area contributed by atoms with Crippen molar-refractivity contribution in [2.24, 2.45) is 5.41 Å². The smallest absolute Gasteiger partial charge is 0.224 e. The zero-order chi connectivity index (χ0) is 12.0. The molecule has 5 heteroatoms. The van der Waals surface area contributed by atoms with E-state index in [1.807, 2.05) is 0 Å². The highest BCUT2D eigenvalue weighted by molar-refractivity contribution is 5.76. The van der Waals surface area contributed by atoms with Gasteiger partial charge in [-0.15, -0.1) is 0 Å². The Labute approximate surface area is 96.0 Å². The molecule has 0 aliphatic carbocycles. The molecule has 0 aromatic heterocycles. The minimum absolute atomic E-state index is 0.0103. The molecule has 0 aromatic rings.